The summed E-state index contributed by atoms with van der Waals surface area (Å²) < 4.78 is 20.1. The summed E-state index contributed by atoms with van der Waals surface area (Å²) in [6.45, 7) is 5.20. The summed E-state index contributed by atoms with van der Waals surface area (Å²) in [7, 11) is 0. The summed E-state index contributed by atoms with van der Waals surface area (Å²) in [5, 5.41) is 2.73. The van der Waals surface area contributed by atoms with Gasteiger partial charge in [-0.2, -0.15) is 0 Å². The van der Waals surface area contributed by atoms with Gasteiger partial charge in [0.2, 0.25) is 5.91 Å². The topological polar surface area (TPSA) is 67.4 Å². The highest BCUT2D eigenvalue weighted by Crippen LogP contribution is 2.31. The molecule has 3 aromatic rings. The third kappa shape index (κ3) is 5.04. The van der Waals surface area contributed by atoms with E-state index in [1.165, 1.54) is 11.6 Å². The summed E-state index contributed by atoms with van der Waals surface area (Å²) in [6.07, 6.45) is 5.49. The number of anilines is 2. The number of hydrogen-bond donors (Lipinski definition) is 1. The maximum Gasteiger partial charge on any atom is 0.263 e. The van der Waals surface area contributed by atoms with Crippen LogP contribution < -0.4 is 15.0 Å². The minimum absolute atomic E-state index is 0.154. The number of hydrogen-bond acceptors (Lipinski definition) is 5. The number of halogens is 1. The molecule has 166 valence electrons. The SMILES string of the molecule is CCc1ccc(Oc2nccnc2N2CCC(C(=O)Nc3ccc(C)cc3F)CC2)cc1. The van der Waals surface area contributed by atoms with Gasteiger partial charge in [0.25, 0.3) is 5.88 Å². The Morgan fingerprint density at radius 1 is 1.12 bits per heavy atom. The number of nitrogens with zero attached hydrogens (tertiary/aromatic N) is 3. The highest BCUT2D eigenvalue weighted by molar-refractivity contribution is 5.92. The second-order valence-electron chi connectivity index (χ2n) is 8.02. The molecule has 0 atom stereocenters. The van der Waals surface area contributed by atoms with Crippen LogP contribution in [0.3, 0.4) is 0 Å². The Bertz CT molecular complexity index is 1080. The molecule has 0 bridgehead atoms. The number of carbonyl (C=O) groups excluding carboxylic acids is 1. The quantitative estimate of drug-likeness (QED) is 0.582. The molecule has 0 saturated carbocycles. The fourth-order valence-electron chi connectivity index (χ4n) is 3.82. The Labute approximate surface area is 187 Å². The van der Waals surface area contributed by atoms with Crippen LogP contribution in [0.4, 0.5) is 15.9 Å². The van der Waals surface area contributed by atoms with E-state index in [4.69, 9.17) is 4.74 Å². The van der Waals surface area contributed by atoms with Crippen LogP contribution in [-0.4, -0.2) is 29.0 Å². The van der Waals surface area contributed by atoms with E-state index in [0.29, 0.717) is 43.4 Å². The number of aromatic nitrogens is 2. The number of aryl methyl sites for hydroxylation is 2. The van der Waals surface area contributed by atoms with Crippen LogP contribution in [-0.2, 0) is 11.2 Å². The van der Waals surface area contributed by atoms with Crippen LogP contribution in [0.5, 0.6) is 11.6 Å². The molecular weight excluding hydrogens is 407 g/mol. The van der Waals surface area contributed by atoms with E-state index >= 15 is 0 Å². The molecule has 7 heteroatoms. The van der Waals surface area contributed by atoms with Crippen molar-refractivity contribution in [2.75, 3.05) is 23.3 Å². The third-order valence-corrected chi connectivity index (χ3v) is 5.74. The van der Waals surface area contributed by atoms with Crippen LogP contribution in [0, 0.1) is 18.7 Å². The Hall–Kier alpha value is -3.48. The Morgan fingerprint density at radius 2 is 1.84 bits per heavy atom. The van der Waals surface area contributed by atoms with Gasteiger partial charge in [-0.15, -0.1) is 0 Å². The van der Waals surface area contributed by atoms with Gasteiger partial charge in [0.1, 0.15) is 11.6 Å². The molecular formula is C25H27FN4O2. The molecule has 1 fully saturated rings. The molecule has 2 aromatic carbocycles. The van der Waals surface area contributed by atoms with E-state index in [0.717, 1.165) is 12.0 Å². The molecule has 6 nitrogen and oxygen atoms in total. The first-order valence-corrected chi connectivity index (χ1v) is 10.9. The van der Waals surface area contributed by atoms with Crippen molar-refractivity contribution in [2.45, 2.75) is 33.1 Å². The van der Waals surface area contributed by atoms with Gasteiger partial charge in [0, 0.05) is 31.4 Å². The standard InChI is InChI=1S/C25H27FN4O2/c1-3-18-5-7-20(8-6-18)32-25-23(27-12-13-28-25)30-14-10-19(11-15-30)24(31)29-22-9-4-17(2)16-21(22)26/h4-9,12-13,16,19H,3,10-11,14-15H2,1-2H3,(H,29,31). The second-order valence-corrected chi connectivity index (χ2v) is 8.02. The lowest BCUT2D eigenvalue weighted by molar-refractivity contribution is -0.120. The van der Waals surface area contributed by atoms with Crippen molar-refractivity contribution in [3.63, 3.8) is 0 Å². The van der Waals surface area contributed by atoms with Crippen LogP contribution in [0.25, 0.3) is 0 Å². The van der Waals surface area contributed by atoms with E-state index in [-0.39, 0.29) is 17.5 Å². The van der Waals surface area contributed by atoms with E-state index < -0.39 is 5.82 Å². The lowest BCUT2D eigenvalue weighted by Gasteiger charge is -2.32. The second kappa shape index (κ2) is 9.77. The number of piperidine rings is 1. The maximum atomic E-state index is 14.1. The summed E-state index contributed by atoms with van der Waals surface area (Å²) in [4.78, 5) is 23.6. The van der Waals surface area contributed by atoms with Gasteiger partial charge < -0.3 is 15.0 Å². The maximum absolute atomic E-state index is 14.1. The first kappa shape index (κ1) is 21.7. The number of carbonyl (C=O) groups is 1. The number of ether oxygens (including phenoxy) is 1. The first-order chi connectivity index (χ1) is 15.5. The largest absolute Gasteiger partial charge is 0.436 e. The summed E-state index contributed by atoms with van der Waals surface area (Å²) in [5.41, 5.74) is 2.28. The van der Waals surface area contributed by atoms with Crippen molar-refractivity contribution in [3.05, 3.63) is 71.8 Å². The van der Waals surface area contributed by atoms with Gasteiger partial charge in [-0.05, 0) is 61.6 Å². The predicted molar refractivity (Wildman–Crippen MR) is 123 cm³/mol. The fourth-order valence-corrected chi connectivity index (χ4v) is 3.82. The molecule has 1 N–H and O–H groups in total. The predicted octanol–water partition coefficient (Wildman–Crippen LogP) is 5.13. The zero-order valence-corrected chi connectivity index (χ0v) is 18.3. The number of rotatable bonds is 6. The molecule has 0 unspecified atom stereocenters. The molecule has 1 amide bonds. The molecule has 0 radical (unpaired) electrons. The summed E-state index contributed by atoms with van der Waals surface area (Å²) in [5.74, 6) is 1.06. The average Bonchev–Trinajstić information content (AvgIpc) is 2.82. The van der Waals surface area contributed by atoms with Crippen molar-refractivity contribution < 1.29 is 13.9 Å². The number of nitrogens with one attached hydrogen (secondary N) is 1. The first-order valence-electron chi connectivity index (χ1n) is 10.9. The Morgan fingerprint density at radius 3 is 2.53 bits per heavy atom. The Balaban J connectivity index is 1.39. The van der Waals surface area contributed by atoms with Crippen LogP contribution >= 0.6 is 0 Å². The molecule has 1 saturated heterocycles. The average molecular weight is 435 g/mol. The molecule has 1 aliphatic heterocycles. The van der Waals surface area contributed by atoms with Crippen LogP contribution in [0.15, 0.2) is 54.9 Å². The third-order valence-electron chi connectivity index (χ3n) is 5.74. The molecule has 2 heterocycles. The fraction of sp³-hybridized carbons (Fsp3) is 0.320. The van der Waals surface area contributed by atoms with Gasteiger partial charge >= 0.3 is 0 Å². The minimum atomic E-state index is -0.413. The van der Waals surface area contributed by atoms with Gasteiger partial charge in [-0.1, -0.05) is 25.1 Å². The molecule has 0 spiro atoms. The van der Waals surface area contributed by atoms with Crippen molar-refractivity contribution in [1.29, 1.82) is 0 Å². The van der Waals surface area contributed by atoms with E-state index in [1.807, 2.05) is 31.2 Å². The minimum Gasteiger partial charge on any atom is -0.436 e. The highest BCUT2D eigenvalue weighted by Gasteiger charge is 2.28. The number of benzene rings is 2. The highest BCUT2D eigenvalue weighted by atomic mass is 19.1. The monoisotopic (exact) mass is 434 g/mol. The van der Waals surface area contributed by atoms with Crippen LogP contribution in [0.2, 0.25) is 0 Å². The molecule has 0 aliphatic carbocycles. The smallest absolute Gasteiger partial charge is 0.263 e. The van der Waals surface area contributed by atoms with Crippen LogP contribution in [0.1, 0.15) is 30.9 Å². The zero-order valence-electron chi connectivity index (χ0n) is 18.3. The summed E-state index contributed by atoms with van der Waals surface area (Å²) in [6, 6.07) is 12.7. The van der Waals surface area contributed by atoms with Gasteiger partial charge in [-0.25, -0.2) is 14.4 Å². The lowest BCUT2D eigenvalue weighted by atomic mass is 9.95. The molecule has 1 aliphatic rings. The van der Waals surface area contributed by atoms with E-state index in [9.17, 15) is 9.18 Å². The molecule has 32 heavy (non-hydrogen) atoms. The van der Waals surface area contributed by atoms with Gasteiger partial charge in [-0.3, -0.25) is 4.79 Å². The zero-order chi connectivity index (χ0) is 22.5. The van der Waals surface area contributed by atoms with E-state index in [1.54, 1.807) is 24.5 Å². The van der Waals surface area contributed by atoms with Gasteiger partial charge in [0.05, 0.1) is 5.69 Å². The van der Waals surface area contributed by atoms with E-state index in [2.05, 4.69) is 27.1 Å². The molecule has 1 aromatic heterocycles. The van der Waals surface area contributed by atoms with Crippen molar-refractivity contribution in [3.8, 4) is 11.6 Å². The van der Waals surface area contributed by atoms with Crippen molar-refractivity contribution >= 4 is 17.4 Å². The van der Waals surface area contributed by atoms with Crippen molar-refractivity contribution in [2.24, 2.45) is 5.92 Å². The molecule has 4 rings (SSSR count). The van der Waals surface area contributed by atoms with Crippen molar-refractivity contribution in [1.82, 2.24) is 9.97 Å². The summed E-state index contributed by atoms with van der Waals surface area (Å²) >= 11 is 0. The normalized spacial score (nSPS) is 14.3. The Kier molecular flexibility index (Phi) is 6.63. The number of amides is 1. The lowest BCUT2D eigenvalue weighted by Crippen LogP contribution is -2.38. The van der Waals surface area contributed by atoms with Gasteiger partial charge in [0.15, 0.2) is 5.82 Å².